The number of hydrogen-bond donors (Lipinski definition) is 1. The van der Waals surface area contributed by atoms with E-state index in [4.69, 9.17) is 14.2 Å². The van der Waals surface area contributed by atoms with E-state index in [1.165, 1.54) is 0 Å². The van der Waals surface area contributed by atoms with Gasteiger partial charge in [-0.3, -0.25) is 0 Å². The number of ether oxygens (including phenoxy) is 3. The van der Waals surface area contributed by atoms with Gasteiger partial charge in [0.15, 0.2) is 5.79 Å². The number of aryl methyl sites for hydroxylation is 1. The first-order valence-corrected chi connectivity index (χ1v) is 10.9. The molecule has 1 N–H and O–H groups in total. The maximum atomic E-state index is 6.06. The van der Waals surface area contributed by atoms with Gasteiger partial charge in [-0.15, -0.1) is 0 Å². The molecule has 0 amide bonds. The van der Waals surface area contributed by atoms with Crippen molar-refractivity contribution in [3.63, 3.8) is 0 Å². The summed E-state index contributed by atoms with van der Waals surface area (Å²) in [6, 6.07) is 10.2. The molecule has 2 aromatic heterocycles. The molecule has 1 fully saturated rings. The highest BCUT2D eigenvalue weighted by molar-refractivity contribution is 5.81. The monoisotopic (exact) mass is 424 g/mol. The smallest absolute Gasteiger partial charge is 0.163 e. The predicted molar refractivity (Wildman–Crippen MR) is 119 cm³/mol. The zero-order valence-corrected chi connectivity index (χ0v) is 18.8. The summed E-state index contributed by atoms with van der Waals surface area (Å²) in [4.78, 5) is 8.93. The Labute approximate surface area is 183 Å². The van der Waals surface area contributed by atoms with Crippen LogP contribution in [0.3, 0.4) is 0 Å². The third-order valence-electron chi connectivity index (χ3n) is 5.60. The molecule has 0 bridgehead atoms. The van der Waals surface area contributed by atoms with E-state index >= 15 is 0 Å². The normalized spacial score (nSPS) is 20.5. The Morgan fingerprint density at radius 1 is 1.13 bits per heavy atom. The molecule has 3 aromatic rings. The first-order chi connectivity index (χ1) is 15.0. The summed E-state index contributed by atoms with van der Waals surface area (Å²) in [5, 5.41) is 3.53. The van der Waals surface area contributed by atoms with E-state index in [1.54, 1.807) is 6.33 Å². The molecular weight excluding hydrogens is 392 g/mol. The maximum Gasteiger partial charge on any atom is 0.163 e. The Hall–Kier alpha value is -2.32. The van der Waals surface area contributed by atoms with Crippen molar-refractivity contribution in [2.45, 2.75) is 72.0 Å². The highest BCUT2D eigenvalue weighted by atomic mass is 16.7. The van der Waals surface area contributed by atoms with Gasteiger partial charge in [0.2, 0.25) is 0 Å². The Morgan fingerprint density at radius 3 is 2.68 bits per heavy atom. The van der Waals surface area contributed by atoms with Crippen molar-refractivity contribution in [3.8, 4) is 0 Å². The van der Waals surface area contributed by atoms with Gasteiger partial charge in [-0.2, -0.15) is 0 Å². The van der Waals surface area contributed by atoms with Crippen molar-refractivity contribution in [2.75, 3.05) is 6.54 Å². The summed E-state index contributed by atoms with van der Waals surface area (Å²) in [6.07, 6.45) is 4.82. The minimum atomic E-state index is -0.524. The van der Waals surface area contributed by atoms with Crippen LogP contribution in [0.2, 0.25) is 0 Å². The van der Waals surface area contributed by atoms with Crippen molar-refractivity contribution in [1.29, 1.82) is 0 Å². The molecule has 2 unspecified atom stereocenters. The van der Waals surface area contributed by atoms with Gasteiger partial charge in [0.05, 0.1) is 35.5 Å². The minimum absolute atomic E-state index is 0.0407. The average Bonchev–Trinajstić information content (AvgIpc) is 3.26. The number of fused-ring (bicyclic) bond motifs is 1. The first kappa shape index (κ1) is 21.9. The molecule has 31 heavy (non-hydrogen) atoms. The SMILES string of the molecule is CCC1OC(C)(C)OC1CNCc1cn(COCc2ccccc2)c2c(C)ncnc12. The average molecular weight is 425 g/mol. The molecule has 1 aromatic carbocycles. The summed E-state index contributed by atoms with van der Waals surface area (Å²) in [7, 11) is 0. The number of nitrogens with one attached hydrogen (secondary N) is 1. The fourth-order valence-corrected chi connectivity index (χ4v) is 4.20. The molecule has 166 valence electrons. The van der Waals surface area contributed by atoms with Crippen LogP contribution in [0.4, 0.5) is 0 Å². The quantitative estimate of drug-likeness (QED) is 0.561. The number of aromatic nitrogens is 3. The molecule has 1 aliphatic rings. The third-order valence-corrected chi connectivity index (χ3v) is 5.60. The van der Waals surface area contributed by atoms with Gasteiger partial charge < -0.3 is 24.1 Å². The Kier molecular flexibility index (Phi) is 6.67. The molecule has 7 heteroatoms. The third kappa shape index (κ3) is 5.13. The van der Waals surface area contributed by atoms with Gasteiger partial charge in [-0.1, -0.05) is 37.3 Å². The van der Waals surface area contributed by atoms with Gasteiger partial charge in [0.25, 0.3) is 0 Å². The van der Waals surface area contributed by atoms with Crippen molar-refractivity contribution in [2.24, 2.45) is 0 Å². The molecule has 1 aliphatic heterocycles. The molecule has 1 saturated heterocycles. The highest BCUT2D eigenvalue weighted by Gasteiger charge is 2.39. The van der Waals surface area contributed by atoms with Crippen LogP contribution in [-0.2, 0) is 34.1 Å². The molecule has 0 aliphatic carbocycles. The summed E-state index contributed by atoms with van der Waals surface area (Å²) >= 11 is 0. The zero-order valence-electron chi connectivity index (χ0n) is 18.8. The Balaban J connectivity index is 1.42. The predicted octanol–water partition coefficient (Wildman–Crippen LogP) is 3.93. The Morgan fingerprint density at radius 2 is 1.90 bits per heavy atom. The van der Waals surface area contributed by atoms with Crippen molar-refractivity contribution in [3.05, 3.63) is 59.7 Å². The number of nitrogens with zero attached hydrogens (tertiary/aromatic N) is 3. The van der Waals surface area contributed by atoms with Crippen molar-refractivity contribution >= 4 is 11.0 Å². The van der Waals surface area contributed by atoms with Gasteiger partial charge in [0.1, 0.15) is 13.1 Å². The molecular formula is C24H32N4O3. The van der Waals surface area contributed by atoms with E-state index in [0.29, 0.717) is 19.9 Å². The van der Waals surface area contributed by atoms with Gasteiger partial charge in [-0.25, -0.2) is 9.97 Å². The van der Waals surface area contributed by atoms with Crippen LogP contribution in [0.1, 0.15) is 44.0 Å². The lowest BCUT2D eigenvalue weighted by molar-refractivity contribution is -0.146. The molecule has 0 radical (unpaired) electrons. The second kappa shape index (κ2) is 9.44. The second-order valence-electron chi connectivity index (χ2n) is 8.50. The van der Waals surface area contributed by atoms with E-state index in [-0.39, 0.29) is 12.2 Å². The van der Waals surface area contributed by atoms with Crippen molar-refractivity contribution < 1.29 is 14.2 Å². The second-order valence-corrected chi connectivity index (χ2v) is 8.50. The van der Waals surface area contributed by atoms with Gasteiger partial charge in [0, 0.05) is 24.8 Å². The minimum Gasteiger partial charge on any atom is -0.356 e. The zero-order chi connectivity index (χ0) is 21.8. The van der Waals surface area contributed by atoms with Crippen LogP contribution in [0, 0.1) is 6.92 Å². The summed E-state index contributed by atoms with van der Waals surface area (Å²) in [5.74, 6) is -0.524. The number of benzene rings is 1. The Bertz CT molecular complexity index is 1000. The molecule has 3 heterocycles. The number of hydrogen-bond acceptors (Lipinski definition) is 6. The lowest BCUT2D eigenvalue weighted by Gasteiger charge is -2.17. The maximum absolute atomic E-state index is 6.06. The van der Waals surface area contributed by atoms with Crippen LogP contribution in [-0.4, -0.2) is 39.1 Å². The van der Waals surface area contributed by atoms with E-state index in [9.17, 15) is 0 Å². The van der Waals surface area contributed by atoms with E-state index in [1.807, 2.05) is 39.0 Å². The lowest BCUT2D eigenvalue weighted by atomic mass is 10.1. The van der Waals surface area contributed by atoms with Crippen LogP contribution in [0.15, 0.2) is 42.9 Å². The van der Waals surface area contributed by atoms with Crippen LogP contribution < -0.4 is 5.32 Å². The fraction of sp³-hybridized carbons (Fsp3) is 0.500. The standard InChI is InChI=1S/C24H32N4O3/c1-5-20-21(31-24(3,4)30-20)12-25-11-19-13-28(23-17(2)26-15-27-22(19)23)16-29-14-18-9-7-6-8-10-18/h6-10,13,15,20-21,25H,5,11-12,14,16H2,1-4H3. The largest absolute Gasteiger partial charge is 0.356 e. The summed E-state index contributed by atoms with van der Waals surface area (Å²) in [5.41, 5.74) is 5.19. The van der Waals surface area contributed by atoms with Crippen molar-refractivity contribution in [1.82, 2.24) is 19.9 Å². The summed E-state index contributed by atoms with van der Waals surface area (Å²) in [6.45, 7) is 10.5. The van der Waals surface area contributed by atoms with E-state index in [2.05, 4.69) is 45.1 Å². The number of rotatable bonds is 9. The van der Waals surface area contributed by atoms with Crippen LogP contribution in [0.5, 0.6) is 0 Å². The fourth-order valence-electron chi connectivity index (χ4n) is 4.20. The molecule has 7 nitrogen and oxygen atoms in total. The van der Waals surface area contributed by atoms with Gasteiger partial charge in [-0.05, 0) is 32.8 Å². The van der Waals surface area contributed by atoms with E-state index in [0.717, 1.165) is 40.8 Å². The topological polar surface area (TPSA) is 70.4 Å². The first-order valence-electron chi connectivity index (χ1n) is 10.9. The molecule has 0 spiro atoms. The van der Waals surface area contributed by atoms with Crippen LogP contribution in [0.25, 0.3) is 11.0 Å². The molecule has 0 saturated carbocycles. The lowest BCUT2D eigenvalue weighted by Crippen LogP contribution is -2.34. The van der Waals surface area contributed by atoms with Crippen LogP contribution >= 0.6 is 0 Å². The molecule has 2 atom stereocenters. The molecule has 4 rings (SSSR count). The van der Waals surface area contributed by atoms with Gasteiger partial charge >= 0.3 is 0 Å². The highest BCUT2D eigenvalue weighted by Crippen LogP contribution is 2.29. The van der Waals surface area contributed by atoms with E-state index < -0.39 is 5.79 Å². The summed E-state index contributed by atoms with van der Waals surface area (Å²) < 4.78 is 20.1.